The molecule has 1 aromatic heterocycles. The van der Waals surface area contributed by atoms with Crippen LogP contribution in [0.15, 0.2) is 40.8 Å². The van der Waals surface area contributed by atoms with E-state index in [9.17, 15) is 4.79 Å². The summed E-state index contributed by atoms with van der Waals surface area (Å²) in [6, 6.07) is 14.2. The third-order valence-corrected chi connectivity index (χ3v) is 7.46. The molecule has 6 nitrogen and oxygen atoms in total. The Labute approximate surface area is 200 Å². The molecule has 2 aromatic carbocycles. The zero-order valence-electron chi connectivity index (χ0n) is 19.9. The van der Waals surface area contributed by atoms with Gasteiger partial charge in [0.05, 0.1) is 11.6 Å². The summed E-state index contributed by atoms with van der Waals surface area (Å²) < 4.78 is 5.91. The molecule has 2 aliphatic rings. The minimum absolute atomic E-state index is 0.0763. The summed E-state index contributed by atoms with van der Waals surface area (Å²) in [5.74, 6) is 2.13. The van der Waals surface area contributed by atoms with E-state index in [1.165, 1.54) is 17.5 Å². The fourth-order valence-electron chi connectivity index (χ4n) is 5.12. The number of amides is 1. The Bertz CT molecular complexity index is 1230. The highest BCUT2D eigenvalue weighted by Crippen LogP contribution is 2.42. The molecule has 0 bridgehead atoms. The molecule has 2 heterocycles. The van der Waals surface area contributed by atoms with E-state index < -0.39 is 0 Å². The fraction of sp³-hybridized carbons (Fsp3) is 0.429. The van der Waals surface area contributed by atoms with Crippen molar-refractivity contribution in [2.75, 3.05) is 13.1 Å². The van der Waals surface area contributed by atoms with Gasteiger partial charge in [0.15, 0.2) is 0 Å². The van der Waals surface area contributed by atoms with Crippen LogP contribution < -0.4 is 0 Å². The van der Waals surface area contributed by atoms with Crippen LogP contribution >= 0.6 is 0 Å². The number of aromatic nitrogens is 2. The summed E-state index contributed by atoms with van der Waals surface area (Å²) in [5.41, 5.74) is 5.81. The predicted octanol–water partition coefficient (Wildman–Crippen LogP) is 5.77. The number of benzene rings is 2. The van der Waals surface area contributed by atoms with Crippen LogP contribution in [0.25, 0.3) is 11.5 Å². The highest BCUT2D eigenvalue weighted by molar-refractivity contribution is 5.97. The number of rotatable bonds is 5. The van der Waals surface area contributed by atoms with Gasteiger partial charge >= 0.3 is 0 Å². The number of nitriles is 1. The van der Waals surface area contributed by atoms with E-state index in [-0.39, 0.29) is 5.91 Å². The predicted molar refractivity (Wildman–Crippen MR) is 129 cm³/mol. The third-order valence-electron chi connectivity index (χ3n) is 7.46. The van der Waals surface area contributed by atoms with Crippen molar-refractivity contribution in [1.29, 1.82) is 5.26 Å². The first-order chi connectivity index (χ1) is 16.6. The maximum absolute atomic E-state index is 13.6. The zero-order valence-corrected chi connectivity index (χ0v) is 19.9. The number of carbonyl (C=O) groups excluding carboxylic acids is 1. The van der Waals surface area contributed by atoms with E-state index in [2.05, 4.69) is 22.3 Å². The van der Waals surface area contributed by atoms with Crippen molar-refractivity contribution in [3.05, 3.63) is 70.1 Å². The third kappa shape index (κ3) is 4.23. The zero-order chi connectivity index (χ0) is 23.7. The average Bonchev–Trinajstić information content (AvgIpc) is 3.32. The van der Waals surface area contributed by atoms with Gasteiger partial charge in [-0.2, -0.15) is 5.26 Å². The number of carbonyl (C=O) groups is 1. The van der Waals surface area contributed by atoms with Gasteiger partial charge in [0, 0.05) is 30.6 Å². The lowest BCUT2D eigenvalue weighted by molar-refractivity contribution is 0.0712. The number of likely N-dealkylation sites (tertiary alicyclic amines) is 1. The minimum atomic E-state index is 0.0763. The second-order valence-electron chi connectivity index (χ2n) is 9.54. The highest BCUT2D eigenvalue weighted by atomic mass is 16.4. The quantitative estimate of drug-likeness (QED) is 0.489. The first kappa shape index (κ1) is 22.3. The maximum atomic E-state index is 13.6. The van der Waals surface area contributed by atoms with Gasteiger partial charge < -0.3 is 9.32 Å². The molecule has 1 saturated carbocycles. The van der Waals surface area contributed by atoms with Crippen molar-refractivity contribution in [2.24, 2.45) is 0 Å². The molecule has 3 aromatic rings. The number of nitrogens with zero attached hydrogens (tertiary/aromatic N) is 4. The monoisotopic (exact) mass is 454 g/mol. The van der Waals surface area contributed by atoms with E-state index in [4.69, 9.17) is 9.68 Å². The molecule has 6 heteroatoms. The van der Waals surface area contributed by atoms with Gasteiger partial charge in [-0.15, -0.1) is 10.2 Å². The van der Waals surface area contributed by atoms with Crippen molar-refractivity contribution < 1.29 is 9.21 Å². The number of hydrogen-bond acceptors (Lipinski definition) is 5. The van der Waals surface area contributed by atoms with Crippen LogP contribution in [0, 0.1) is 18.3 Å². The van der Waals surface area contributed by atoms with E-state index in [0.717, 1.165) is 55.5 Å². The number of aryl methyl sites for hydroxylation is 2. The molecule has 0 radical (unpaired) electrons. The minimum Gasteiger partial charge on any atom is -0.421 e. The van der Waals surface area contributed by atoms with Crippen LogP contribution in [0.2, 0.25) is 0 Å². The van der Waals surface area contributed by atoms with Gasteiger partial charge in [0.1, 0.15) is 0 Å². The Kier molecular flexibility index (Phi) is 6.19. The molecule has 5 rings (SSSR count). The second-order valence-corrected chi connectivity index (χ2v) is 9.54. The lowest BCUT2D eigenvalue weighted by Gasteiger charge is -2.33. The van der Waals surface area contributed by atoms with E-state index in [1.807, 2.05) is 49.1 Å². The van der Waals surface area contributed by atoms with Crippen molar-refractivity contribution in [2.45, 2.75) is 64.2 Å². The lowest BCUT2D eigenvalue weighted by Crippen LogP contribution is -2.38. The molecule has 0 spiro atoms. The molecule has 1 aliphatic heterocycles. The summed E-state index contributed by atoms with van der Waals surface area (Å²) in [6.07, 6.45) is 6.11. The summed E-state index contributed by atoms with van der Waals surface area (Å²) in [7, 11) is 0. The van der Waals surface area contributed by atoms with Crippen LogP contribution in [0.4, 0.5) is 0 Å². The number of piperidine rings is 1. The van der Waals surface area contributed by atoms with Gasteiger partial charge in [0.2, 0.25) is 11.8 Å². The topological polar surface area (TPSA) is 83.0 Å². The Hall–Kier alpha value is -3.46. The van der Waals surface area contributed by atoms with Gasteiger partial charge in [-0.3, -0.25) is 4.79 Å². The van der Waals surface area contributed by atoms with Gasteiger partial charge in [0.25, 0.3) is 5.91 Å². The lowest BCUT2D eigenvalue weighted by atomic mass is 9.77. The summed E-state index contributed by atoms with van der Waals surface area (Å²) in [6.45, 7) is 5.48. The first-order valence-electron chi connectivity index (χ1n) is 12.3. The van der Waals surface area contributed by atoms with E-state index in [1.54, 1.807) is 0 Å². The Balaban J connectivity index is 1.37. The van der Waals surface area contributed by atoms with Crippen LogP contribution in [0.5, 0.6) is 0 Å². The smallest absolute Gasteiger partial charge is 0.254 e. The maximum Gasteiger partial charge on any atom is 0.254 e. The largest absolute Gasteiger partial charge is 0.421 e. The molecule has 1 amide bonds. The number of hydrogen-bond donors (Lipinski definition) is 0. The summed E-state index contributed by atoms with van der Waals surface area (Å²) >= 11 is 0. The van der Waals surface area contributed by atoms with Crippen molar-refractivity contribution in [1.82, 2.24) is 15.1 Å². The van der Waals surface area contributed by atoms with Crippen LogP contribution in [0.1, 0.15) is 89.4 Å². The Morgan fingerprint density at radius 2 is 1.82 bits per heavy atom. The Morgan fingerprint density at radius 1 is 1.09 bits per heavy atom. The summed E-state index contributed by atoms with van der Waals surface area (Å²) in [5, 5.41) is 17.5. The molecule has 34 heavy (non-hydrogen) atoms. The molecule has 0 N–H and O–H groups in total. The van der Waals surface area contributed by atoms with Gasteiger partial charge in [-0.25, -0.2) is 0 Å². The molecular weight excluding hydrogens is 424 g/mol. The fourth-order valence-corrected chi connectivity index (χ4v) is 5.12. The molecular formula is C28H30N4O2. The van der Waals surface area contributed by atoms with Crippen LogP contribution in [-0.2, 0) is 6.42 Å². The first-order valence-corrected chi connectivity index (χ1v) is 12.3. The molecule has 1 aliphatic carbocycles. The van der Waals surface area contributed by atoms with Gasteiger partial charge in [-0.1, -0.05) is 31.5 Å². The molecule has 174 valence electrons. The highest BCUT2D eigenvalue weighted by Gasteiger charge is 2.29. The molecule has 0 atom stereocenters. The normalized spacial score (nSPS) is 16.8. The van der Waals surface area contributed by atoms with Crippen molar-refractivity contribution in [3.63, 3.8) is 0 Å². The Morgan fingerprint density at radius 3 is 2.41 bits per heavy atom. The SMILES string of the molecule is CCc1nnc(-c2cc(C(=O)N3CCC(c4ccc(C#N)cc4)CC3)c(C)cc2C2CCC2)o1. The molecule has 2 fully saturated rings. The second kappa shape index (κ2) is 9.42. The standard InChI is InChI=1S/C28H30N4O2/c1-3-26-30-31-27(34-26)25-16-23(18(2)15-24(25)22-5-4-6-22)28(33)32-13-11-21(12-14-32)20-9-7-19(17-29)8-10-20/h7-10,15-16,21-22H,3-6,11-14H2,1-2H3. The van der Waals surface area contributed by atoms with E-state index >= 15 is 0 Å². The van der Waals surface area contributed by atoms with E-state index in [0.29, 0.717) is 35.6 Å². The van der Waals surface area contributed by atoms with Gasteiger partial charge in [-0.05, 0) is 79.3 Å². The van der Waals surface area contributed by atoms with Crippen LogP contribution in [-0.4, -0.2) is 34.1 Å². The molecule has 0 unspecified atom stereocenters. The molecule has 1 saturated heterocycles. The average molecular weight is 455 g/mol. The van der Waals surface area contributed by atoms with Crippen LogP contribution in [0.3, 0.4) is 0 Å². The summed E-state index contributed by atoms with van der Waals surface area (Å²) in [4.78, 5) is 15.6. The van der Waals surface area contributed by atoms with Crippen molar-refractivity contribution >= 4 is 5.91 Å². The van der Waals surface area contributed by atoms with Crippen molar-refractivity contribution in [3.8, 4) is 17.5 Å².